The van der Waals surface area contributed by atoms with Crippen LogP contribution in [0.4, 0.5) is 0 Å². The van der Waals surface area contributed by atoms with E-state index in [1.54, 1.807) is 0 Å². The summed E-state index contributed by atoms with van der Waals surface area (Å²) in [6.45, 7) is 8.21. The SMILES string of the molecule is CCCCCOc1ccc(C2=C(c3ccc(OCC)cc3)SOC=C2c2ccc(OCC)cc2)cc1.[O-][Cl+3]([O-])([O-])O. The van der Waals surface area contributed by atoms with E-state index >= 15 is 0 Å². The quantitative estimate of drug-likeness (QED) is 0.235. The molecular weight excluding hydrogens is 568 g/mol. The van der Waals surface area contributed by atoms with E-state index in [4.69, 9.17) is 37.0 Å². The second-order valence-electron chi connectivity index (χ2n) is 8.81. The maximum absolute atomic E-state index is 8.60. The van der Waals surface area contributed by atoms with Crippen molar-refractivity contribution in [2.45, 2.75) is 40.0 Å². The summed E-state index contributed by atoms with van der Waals surface area (Å²) >= 11 is 1.38. The van der Waals surface area contributed by atoms with Crippen molar-refractivity contribution in [1.29, 1.82) is 0 Å². The first-order valence-electron chi connectivity index (χ1n) is 13.3. The van der Waals surface area contributed by atoms with Crippen molar-refractivity contribution < 1.29 is 47.3 Å². The van der Waals surface area contributed by atoms with E-state index in [9.17, 15) is 0 Å². The van der Waals surface area contributed by atoms with E-state index in [0.717, 1.165) is 63.0 Å². The summed E-state index contributed by atoms with van der Waals surface area (Å²) < 4.78 is 55.9. The van der Waals surface area contributed by atoms with Crippen molar-refractivity contribution in [2.75, 3.05) is 19.8 Å². The zero-order valence-electron chi connectivity index (χ0n) is 23.3. The van der Waals surface area contributed by atoms with E-state index < -0.39 is 10.2 Å². The van der Waals surface area contributed by atoms with Crippen LogP contribution in [0.2, 0.25) is 0 Å². The number of rotatable bonds is 12. The molecule has 10 heteroatoms. The average molecular weight is 603 g/mol. The number of unbranched alkanes of at least 4 members (excludes halogenated alkanes) is 2. The first kappa shape index (κ1) is 32.3. The summed E-state index contributed by atoms with van der Waals surface area (Å²) in [7, 11) is -4.69. The van der Waals surface area contributed by atoms with E-state index in [1.165, 1.54) is 24.9 Å². The molecule has 0 bridgehead atoms. The highest BCUT2D eigenvalue weighted by atomic mass is 35.7. The van der Waals surface area contributed by atoms with Gasteiger partial charge < -0.3 is 18.4 Å². The maximum Gasteiger partial charge on any atom is 0.119 e. The predicted octanol–water partition coefficient (Wildman–Crippen LogP) is 4.52. The van der Waals surface area contributed by atoms with Crippen molar-refractivity contribution in [3.63, 3.8) is 0 Å². The molecule has 0 unspecified atom stereocenters. The highest BCUT2D eigenvalue weighted by molar-refractivity contribution is 8.04. The molecule has 1 aliphatic rings. The Morgan fingerprint density at radius 2 is 1.15 bits per heavy atom. The Kier molecular flexibility index (Phi) is 12.9. The van der Waals surface area contributed by atoms with Crippen LogP contribution in [0.25, 0.3) is 16.1 Å². The molecule has 8 nitrogen and oxygen atoms in total. The van der Waals surface area contributed by atoms with Crippen LogP contribution in [0.1, 0.15) is 56.7 Å². The highest BCUT2D eigenvalue weighted by Crippen LogP contribution is 2.47. The van der Waals surface area contributed by atoms with Crippen molar-refractivity contribution in [3.05, 3.63) is 95.7 Å². The van der Waals surface area contributed by atoms with Crippen LogP contribution in [0.15, 0.2) is 79.1 Å². The van der Waals surface area contributed by atoms with Crippen LogP contribution in [0, 0.1) is 10.2 Å². The Hall–Kier alpha value is -3.18. The van der Waals surface area contributed by atoms with E-state index in [2.05, 4.69) is 55.5 Å². The first-order chi connectivity index (χ1) is 19.7. The second-order valence-corrected chi connectivity index (χ2v) is 10.4. The minimum atomic E-state index is -4.69. The molecule has 0 amide bonds. The second kappa shape index (κ2) is 16.3. The Balaban J connectivity index is 0.000000850. The molecule has 0 aromatic heterocycles. The predicted molar refractivity (Wildman–Crippen MR) is 152 cm³/mol. The van der Waals surface area contributed by atoms with Crippen LogP contribution < -0.4 is 28.2 Å². The number of halogens is 1. The van der Waals surface area contributed by atoms with Crippen LogP contribution in [0.3, 0.4) is 0 Å². The fourth-order valence-electron chi connectivity index (χ4n) is 4.06. The monoisotopic (exact) mass is 602 g/mol. The van der Waals surface area contributed by atoms with Gasteiger partial charge in [-0.15, -0.1) is 0 Å². The van der Waals surface area contributed by atoms with E-state index in [-0.39, 0.29) is 0 Å². The third-order valence-electron chi connectivity index (χ3n) is 5.86. The number of allylic oxidation sites excluding steroid dienone is 2. The summed E-state index contributed by atoms with van der Waals surface area (Å²) in [4.78, 5) is 1.06. The molecule has 1 N–H and O–H groups in total. The highest BCUT2D eigenvalue weighted by Gasteiger charge is 2.23. The molecule has 4 rings (SSSR count). The molecule has 220 valence electrons. The maximum atomic E-state index is 8.60. The lowest BCUT2D eigenvalue weighted by atomic mass is 9.91. The summed E-state index contributed by atoms with van der Waals surface area (Å²) in [6, 6.07) is 24.7. The van der Waals surface area contributed by atoms with Gasteiger partial charge in [0, 0.05) is 11.1 Å². The van der Waals surface area contributed by atoms with Crippen molar-refractivity contribution in [1.82, 2.24) is 0 Å². The minimum Gasteiger partial charge on any atom is -0.494 e. The lowest BCUT2D eigenvalue weighted by Gasteiger charge is -2.22. The van der Waals surface area contributed by atoms with Crippen molar-refractivity contribution in [2.24, 2.45) is 0 Å². The molecule has 0 fully saturated rings. The molecule has 1 heterocycles. The number of hydrogen-bond donors (Lipinski definition) is 1. The lowest BCUT2D eigenvalue weighted by molar-refractivity contribution is -1.92. The smallest absolute Gasteiger partial charge is 0.119 e. The lowest BCUT2D eigenvalue weighted by Crippen LogP contribution is -2.58. The van der Waals surface area contributed by atoms with Crippen molar-refractivity contribution >= 4 is 28.1 Å². The van der Waals surface area contributed by atoms with Gasteiger partial charge in [-0.3, -0.25) is 0 Å². The molecule has 0 aliphatic carbocycles. The summed E-state index contributed by atoms with van der Waals surface area (Å²) in [5.74, 6) is 2.61. The molecule has 3 aromatic rings. The van der Waals surface area contributed by atoms with Gasteiger partial charge in [-0.25, -0.2) is 0 Å². The van der Waals surface area contributed by atoms with Gasteiger partial charge in [0.25, 0.3) is 0 Å². The zero-order valence-corrected chi connectivity index (χ0v) is 24.9. The van der Waals surface area contributed by atoms with Crippen LogP contribution in [-0.4, -0.2) is 24.5 Å². The van der Waals surface area contributed by atoms with Gasteiger partial charge in [-0.1, -0.05) is 56.2 Å². The molecule has 41 heavy (non-hydrogen) atoms. The van der Waals surface area contributed by atoms with Gasteiger partial charge >= 0.3 is 0 Å². The van der Waals surface area contributed by atoms with Gasteiger partial charge in [0.15, 0.2) is 0 Å². The van der Waals surface area contributed by atoms with E-state index in [1.807, 2.05) is 44.4 Å². The third-order valence-corrected chi connectivity index (χ3v) is 6.66. The average Bonchev–Trinajstić information content (AvgIpc) is 2.96. The Morgan fingerprint density at radius 1 is 0.683 bits per heavy atom. The standard InChI is InChI=1S/C31H34O4S.ClHO4/c1-4-7-8-21-34-28-17-11-24(12-18-28)30-29(23-9-15-26(16-10-23)32-5-2)22-35-36-31(30)25-13-19-27(20-14-25)33-6-3;2-1(3,4)5/h9-20,22H,4-8,21H2,1-3H3;(H,2,3,4,5). The molecular formula is C31H35ClO8S. The van der Waals surface area contributed by atoms with Gasteiger partial charge in [-0.05, 0) is 73.4 Å². The van der Waals surface area contributed by atoms with Gasteiger partial charge in [0.05, 0.1) is 51.7 Å². The zero-order chi connectivity index (χ0) is 29.7. The third kappa shape index (κ3) is 10.6. The largest absolute Gasteiger partial charge is 0.494 e. The van der Waals surface area contributed by atoms with Crippen LogP contribution in [-0.2, 0) is 4.18 Å². The molecule has 0 radical (unpaired) electrons. The normalized spacial score (nSPS) is 13.0. The van der Waals surface area contributed by atoms with Gasteiger partial charge in [-0.2, -0.15) is 14.0 Å². The molecule has 0 atom stereocenters. The summed E-state index contributed by atoms with van der Waals surface area (Å²) in [5, 5.41) is 0. The van der Waals surface area contributed by atoms with Gasteiger partial charge in [0.2, 0.25) is 0 Å². The number of benzene rings is 3. The number of hydrogen-bond acceptors (Lipinski definition) is 9. The summed E-state index contributed by atoms with van der Waals surface area (Å²) in [6.07, 6.45) is 5.28. The van der Waals surface area contributed by atoms with Gasteiger partial charge in [0.1, 0.15) is 23.5 Å². The first-order valence-corrected chi connectivity index (χ1v) is 15.3. The Bertz CT molecular complexity index is 1260. The Labute approximate surface area is 247 Å². The summed E-state index contributed by atoms with van der Waals surface area (Å²) in [5.41, 5.74) is 5.40. The van der Waals surface area contributed by atoms with Crippen LogP contribution in [0.5, 0.6) is 17.2 Å². The fourth-order valence-corrected chi connectivity index (χ4v) is 4.85. The molecule has 0 saturated heterocycles. The topological polar surface area (TPSA) is 126 Å². The van der Waals surface area contributed by atoms with Crippen LogP contribution >= 0.6 is 12.0 Å². The molecule has 3 aromatic carbocycles. The Morgan fingerprint density at radius 3 is 1.63 bits per heavy atom. The fraction of sp³-hybridized carbons (Fsp3) is 0.290. The van der Waals surface area contributed by atoms with Crippen molar-refractivity contribution in [3.8, 4) is 17.2 Å². The van der Waals surface area contributed by atoms with E-state index in [0.29, 0.717) is 13.2 Å². The number of ether oxygens (including phenoxy) is 3. The molecule has 1 aliphatic heterocycles. The molecule has 0 saturated carbocycles. The minimum absolute atomic E-state index is 0.641. The molecule has 0 spiro atoms.